The van der Waals surface area contributed by atoms with Crippen LogP contribution in [0.2, 0.25) is 5.02 Å². The lowest BCUT2D eigenvalue weighted by Gasteiger charge is -2.49. The summed E-state index contributed by atoms with van der Waals surface area (Å²) in [6.07, 6.45) is 3.88. The van der Waals surface area contributed by atoms with Crippen LogP contribution >= 0.6 is 11.6 Å². The summed E-state index contributed by atoms with van der Waals surface area (Å²) in [7, 11) is 0. The van der Waals surface area contributed by atoms with Gasteiger partial charge in [-0.05, 0) is 45.4 Å². The fourth-order valence-corrected chi connectivity index (χ4v) is 4.27. The first-order chi connectivity index (χ1) is 12.5. The van der Waals surface area contributed by atoms with Gasteiger partial charge in [0.15, 0.2) is 0 Å². The molecule has 2 saturated heterocycles. The number of aromatic amines is 1. The molecule has 0 bridgehead atoms. The number of amides is 1. The highest BCUT2D eigenvalue weighted by Gasteiger charge is 2.38. The third kappa shape index (κ3) is 3.14. The predicted molar refractivity (Wildman–Crippen MR) is 103 cm³/mol. The van der Waals surface area contributed by atoms with Crippen molar-refractivity contribution in [3.05, 3.63) is 40.5 Å². The number of H-pyrrole nitrogens is 1. The molecular formula is C20H25ClN4O. The zero-order valence-corrected chi connectivity index (χ0v) is 16.1. The summed E-state index contributed by atoms with van der Waals surface area (Å²) < 4.78 is 0. The largest absolute Gasteiger partial charge is 0.334 e. The van der Waals surface area contributed by atoms with Gasteiger partial charge in [-0.3, -0.25) is 14.8 Å². The van der Waals surface area contributed by atoms with E-state index in [2.05, 4.69) is 22.0 Å². The summed E-state index contributed by atoms with van der Waals surface area (Å²) in [4.78, 5) is 17.4. The first-order valence-electron chi connectivity index (χ1n) is 9.40. The molecule has 2 aliphatic rings. The van der Waals surface area contributed by atoms with Gasteiger partial charge >= 0.3 is 0 Å². The minimum absolute atomic E-state index is 0.0520. The van der Waals surface area contributed by atoms with Crippen LogP contribution in [0.5, 0.6) is 0 Å². The quantitative estimate of drug-likeness (QED) is 0.892. The molecule has 0 radical (unpaired) electrons. The number of hydrogen-bond donors (Lipinski definition) is 1. The summed E-state index contributed by atoms with van der Waals surface area (Å²) in [6, 6.07) is 8.68. The molecule has 26 heavy (non-hydrogen) atoms. The number of carbonyl (C=O) groups is 1. The van der Waals surface area contributed by atoms with Crippen LogP contribution in [0, 0.1) is 6.92 Å². The van der Waals surface area contributed by atoms with Crippen LogP contribution in [0.4, 0.5) is 0 Å². The Morgan fingerprint density at radius 2 is 1.96 bits per heavy atom. The molecule has 0 spiro atoms. The van der Waals surface area contributed by atoms with Gasteiger partial charge in [-0.25, -0.2) is 0 Å². The second-order valence-electron chi connectivity index (χ2n) is 7.53. The molecule has 138 valence electrons. The van der Waals surface area contributed by atoms with Gasteiger partial charge in [0.1, 0.15) is 5.69 Å². The lowest BCUT2D eigenvalue weighted by Crippen LogP contribution is -2.63. The highest BCUT2D eigenvalue weighted by molar-refractivity contribution is 6.30. The molecule has 2 aliphatic heterocycles. The van der Waals surface area contributed by atoms with E-state index in [1.165, 1.54) is 19.3 Å². The number of nitrogens with one attached hydrogen (secondary N) is 1. The fourth-order valence-electron chi connectivity index (χ4n) is 4.15. The van der Waals surface area contributed by atoms with Crippen molar-refractivity contribution in [3.63, 3.8) is 0 Å². The highest BCUT2D eigenvalue weighted by atomic mass is 35.5. The number of halogens is 1. The summed E-state index contributed by atoms with van der Waals surface area (Å²) in [6.45, 7) is 7.05. The second-order valence-corrected chi connectivity index (χ2v) is 7.96. The van der Waals surface area contributed by atoms with E-state index < -0.39 is 0 Å². The van der Waals surface area contributed by atoms with Gasteiger partial charge in [0.25, 0.3) is 5.91 Å². The van der Waals surface area contributed by atoms with E-state index >= 15 is 0 Å². The van der Waals surface area contributed by atoms with Crippen LogP contribution in [0.15, 0.2) is 24.3 Å². The van der Waals surface area contributed by atoms with Crippen molar-refractivity contribution in [2.75, 3.05) is 19.6 Å². The van der Waals surface area contributed by atoms with E-state index in [0.717, 1.165) is 36.5 Å². The molecule has 2 aromatic rings. The highest BCUT2D eigenvalue weighted by Crippen LogP contribution is 2.28. The second kappa shape index (κ2) is 7.05. The molecule has 4 rings (SSSR count). The molecule has 5 nitrogen and oxygen atoms in total. The van der Waals surface area contributed by atoms with Gasteiger partial charge in [-0.15, -0.1) is 0 Å². The first-order valence-corrected chi connectivity index (χ1v) is 9.78. The van der Waals surface area contributed by atoms with Crippen molar-refractivity contribution in [2.45, 2.75) is 45.2 Å². The van der Waals surface area contributed by atoms with Gasteiger partial charge in [-0.1, -0.05) is 30.2 Å². The lowest BCUT2D eigenvalue weighted by molar-refractivity contribution is 0.00177. The minimum Gasteiger partial charge on any atom is -0.334 e. The van der Waals surface area contributed by atoms with Crippen LogP contribution < -0.4 is 0 Å². The number of likely N-dealkylation sites (tertiary alicyclic amines) is 2. The summed E-state index contributed by atoms with van der Waals surface area (Å²) in [5.74, 6) is 0.0520. The van der Waals surface area contributed by atoms with Gasteiger partial charge in [0.2, 0.25) is 0 Å². The normalized spacial score (nSPS) is 21.7. The smallest absolute Gasteiger partial charge is 0.272 e. The van der Waals surface area contributed by atoms with E-state index in [-0.39, 0.29) is 5.91 Å². The Balaban J connectivity index is 1.44. The predicted octanol–water partition coefficient (Wildman–Crippen LogP) is 3.74. The first kappa shape index (κ1) is 17.6. The van der Waals surface area contributed by atoms with Gasteiger partial charge in [0, 0.05) is 41.3 Å². The zero-order chi connectivity index (χ0) is 18.3. The molecular weight excluding hydrogens is 348 g/mol. The molecule has 1 N–H and O–H groups in total. The van der Waals surface area contributed by atoms with E-state index in [4.69, 9.17) is 11.6 Å². The maximum atomic E-state index is 12.9. The maximum absolute atomic E-state index is 12.9. The average molecular weight is 373 g/mol. The third-order valence-corrected chi connectivity index (χ3v) is 6.07. The Kier molecular flexibility index (Phi) is 4.76. The summed E-state index contributed by atoms with van der Waals surface area (Å²) in [5.41, 5.74) is 3.27. The van der Waals surface area contributed by atoms with Crippen LogP contribution in [-0.4, -0.2) is 57.6 Å². The Bertz CT molecular complexity index is 795. The average Bonchev–Trinajstić information content (AvgIpc) is 2.97. The van der Waals surface area contributed by atoms with Crippen molar-refractivity contribution in [3.8, 4) is 11.3 Å². The molecule has 1 aromatic heterocycles. The zero-order valence-electron chi connectivity index (χ0n) is 15.3. The van der Waals surface area contributed by atoms with Crippen molar-refractivity contribution in [1.82, 2.24) is 20.0 Å². The fraction of sp³-hybridized carbons (Fsp3) is 0.500. The molecule has 3 heterocycles. The van der Waals surface area contributed by atoms with E-state index in [0.29, 0.717) is 22.8 Å². The van der Waals surface area contributed by atoms with Gasteiger partial charge in [-0.2, -0.15) is 5.10 Å². The van der Waals surface area contributed by atoms with Gasteiger partial charge < -0.3 is 4.90 Å². The van der Waals surface area contributed by atoms with Crippen molar-refractivity contribution in [1.29, 1.82) is 0 Å². The van der Waals surface area contributed by atoms with Crippen molar-refractivity contribution >= 4 is 17.5 Å². The molecule has 1 unspecified atom stereocenters. The molecule has 1 aromatic carbocycles. The minimum atomic E-state index is 0.0520. The molecule has 0 saturated carbocycles. The Morgan fingerprint density at radius 1 is 1.23 bits per heavy atom. The van der Waals surface area contributed by atoms with E-state index in [1.54, 1.807) is 0 Å². The van der Waals surface area contributed by atoms with E-state index in [1.807, 2.05) is 36.1 Å². The number of piperidine rings is 1. The van der Waals surface area contributed by atoms with Crippen LogP contribution in [0.3, 0.4) is 0 Å². The monoisotopic (exact) mass is 372 g/mol. The Hall–Kier alpha value is -1.85. The molecule has 6 heteroatoms. The number of hydrogen-bond acceptors (Lipinski definition) is 3. The van der Waals surface area contributed by atoms with Crippen molar-refractivity contribution in [2.24, 2.45) is 0 Å². The van der Waals surface area contributed by atoms with Crippen molar-refractivity contribution < 1.29 is 4.79 Å². The number of rotatable bonds is 3. The SMILES string of the molecule is Cc1c(-c2ccc(Cl)cc2)n[nH]c1C(=O)N1CC(N2CCCCC2C)C1. The molecule has 1 amide bonds. The third-order valence-electron chi connectivity index (χ3n) is 5.81. The number of nitrogens with zero attached hydrogens (tertiary/aromatic N) is 3. The standard InChI is InChI=1S/C20H25ClN4O/c1-13-5-3-4-10-25(13)17-11-24(12-17)20(26)19-14(2)18(22-23-19)15-6-8-16(21)9-7-15/h6-9,13,17H,3-5,10-12H2,1-2H3,(H,22,23). The molecule has 1 atom stereocenters. The lowest BCUT2D eigenvalue weighted by atomic mass is 9.97. The topological polar surface area (TPSA) is 52.2 Å². The van der Waals surface area contributed by atoms with Crippen LogP contribution in [0.25, 0.3) is 11.3 Å². The van der Waals surface area contributed by atoms with Crippen LogP contribution in [0.1, 0.15) is 42.2 Å². The van der Waals surface area contributed by atoms with Gasteiger partial charge in [0.05, 0.1) is 5.69 Å². The van der Waals surface area contributed by atoms with Crippen LogP contribution in [-0.2, 0) is 0 Å². The maximum Gasteiger partial charge on any atom is 0.272 e. The number of benzene rings is 1. The van der Waals surface area contributed by atoms with E-state index in [9.17, 15) is 4.79 Å². The number of aromatic nitrogens is 2. The number of carbonyl (C=O) groups excluding carboxylic acids is 1. The Morgan fingerprint density at radius 3 is 2.65 bits per heavy atom. The Labute approximate surface area is 159 Å². The summed E-state index contributed by atoms with van der Waals surface area (Å²) in [5, 5.41) is 8.02. The summed E-state index contributed by atoms with van der Waals surface area (Å²) >= 11 is 5.96. The molecule has 2 fully saturated rings. The molecule has 0 aliphatic carbocycles.